The van der Waals surface area contributed by atoms with Crippen molar-refractivity contribution in [1.29, 1.82) is 0 Å². The zero-order valence-corrected chi connectivity index (χ0v) is 9.74. The van der Waals surface area contributed by atoms with Gasteiger partial charge in [-0.1, -0.05) is 20.8 Å². The first-order valence-corrected chi connectivity index (χ1v) is 4.98. The molecule has 0 amide bonds. The highest BCUT2D eigenvalue weighted by Gasteiger charge is 2.24. The lowest BCUT2D eigenvalue weighted by Crippen LogP contribution is -2.26. The molecule has 0 aromatic heterocycles. The number of hydrogen-bond donors (Lipinski definition) is 2. The predicted molar refractivity (Wildman–Crippen MR) is 61.0 cm³/mol. The molecule has 0 saturated carbocycles. The Hall–Kier alpha value is -1.22. The van der Waals surface area contributed by atoms with Crippen molar-refractivity contribution in [3.8, 4) is 11.5 Å². The van der Waals surface area contributed by atoms with Crippen molar-refractivity contribution in [2.45, 2.75) is 26.8 Å². The van der Waals surface area contributed by atoms with Crippen molar-refractivity contribution < 1.29 is 9.84 Å². The first-order valence-electron chi connectivity index (χ1n) is 4.98. The smallest absolute Gasteiger partial charge is 0.120 e. The quantitative estimate of drug-likeness (QED) is 0.786. The monoisotopic (exact) mass is 209 g/mol. The summed E-state index contributed by atoms with van der Waals surface area (Å²) >= 11 is 0. The molecule has 0 aliphatic carbocycles. The minimum atomic E-state index is -0.215. The molecule has 1 aromatic carbocycles. The van der Waals surface area contributed by atoms with Crippen LogP contribution in [0.3, 0.4) is 0 Å². The van der Waals surface area contributed by atoms with Crippen LogP contribution in [0.1, 0.15) is 32.4 Å². The first kappa shape index (κ1) is 11.9. The van der Waals surface area contributed by atoms with E-state index >= 15 is 0 Å². The zero-order chi connectivity index (χ0) is 11.6. The van der Waals surface area contributed by atoms with Crippen LogP contribution < -0.4 is 10.5 Å². The van der Waals surface area contributed by atoms with Crippen molar-refractivity contribution >= 4 is 0 Å². The van der Waals surface area contributed by atoms with Gasteiger partial charge in [-0.3, -0.25) is 0 Å². The molecule has 0 saturated heterocycles. The predicted octanol–water partition coefficient (Wildman–Crippen LogP) is 2.45. The average Bonchev–Trinajstić information content (AvgIpc) is 2.16. The second-order valence-corrected chi connectivity index (χ2v) is 4.77. The van der Waals surface area contributed by atoms with E-state index < -0.39 is 0 Å². The van der Waals surface area contributed by atoms with Crippen molar-refractivity contribution in [2.75, 3.05) is 7.11 Å². The van der Waals surface area contributed by atoms with Gasteiger partial charge >= 0.3 is 0 Å². The molecule has 0 heterocycles. The van der Waals surface area contributed by atoms with Crippen LogP contribution in [-0.2, 0) is 0 Å². The topological polar surface area (TPSA) is 55.5 Å². The molecule has 15 heavy (non-hydrogen) atoms. The lowest BCUT2D eigenvalue weighted by molar-refractivity contribution is 0.316. The molecule has 0 unspecified atom stereocenters. The van der Waals surface area contributed by atoms with Crippen LogP contribution in [0.25, 0.3) is 0 Å². The summed E-state index contributed by atoms with van der Waals surface area (Å²) < 4.78 is 5.11. The van der Waals surface area contributed by atoms with Crippen LogP contribution in [-0.4, -0.2) is 12.2 Å². The van der Waals surface area contributed by atoms with E-state index in [9.17, 15) is 5.11 Å². The molecule has 1 aromatic rings. The average molecular weight is 209 g/mol. The largest absolute Gasteiger partial charge is 0.508 e. The summed E-state index contributed by atoms with van der Waals surface area (Å²) in [6.07, 6.45) is 0. The second kappa shape index (κ2) is 4.11. The van der Waals surface area contributed by atoms with E-state index in [1.54, 1.807) is 25.3 Å². The zero-order valence-electron chi connectivity index (χ0n) is 9.74. The Kier molecular flexibility index (Phi) is 3.25. The van der Waals surface area contributed by atoms with E-state index in [4.69, 9.17) is 10.5 Å². The van der Waals surface area contributed by atoms with E-state index in [0.29, 0.717) is 5.75 Å². The molecule has 3 heteroatoms. The summed E-state index contributed by atoms with van der Waals surface area (Å²) in [5, 5.41) is 9.73. The molecule has 3 N–H and O–H groups in total. The fourth-order valence-electron chi connectivity index (χ4n) is 1.38. The van der Waals surface area contributed by atoms with Gasteiger partial charge in [0.2, 0.25) is 0 Å². The van der Waals surface area contributed by atoms with Crippen LogP contribution in [0.2, 0.25) is 0 Å². The van der Waals surface area contributed by atoms with Crippen LogP contribution in [0.15, 0.2) is 18.2 Å². The maximum Gasteiger partial charge on any atom is 0.120 e. The van der Waals surface area contributed by atoms with Crippen molar-refractivity contribution in [3.05, 3.63) is 23.8 Å². The Morgan fingerprint density at radius 2 is 1.93 bits per heavy atom. The number of phenols is 1. The molecular formula is C12H19NO2. The van der Waals surface area contributed by atoms with E-state index in [-0.39, 0.29) is 17.2 Å². The Morgan fingerprint density at radius 3 is 2.40 bits per heavy atom. The third-order valence-corrected chi connectivity index (χ3v) is 2.50. The van der Waals surface area contributed by atoms with Gasteiger partial charge in [-0.2, -0.15) is 0 Å². The minimum absolute atomic E-state index is 0.0934. The number of aromatic hydroxyl groups is 1. The fourth-order valence-corrected chi connectivity index (χ4v) is 1.38. The minimum Gasteiger partial charge on any atom is -0.508 e. The third kappa shape index (κ3) is 2.63. The Balaban J connectivity index is 3.12. The van der Waals surface area contributed by atoms with Gasteiger partial charge in [0.05, 0.1) is 7.11 Å². The Morgan fingerprint density at radius 1 is 1.33 bits per heavy atom. The van der Waals surface area contributed by atoms with Crippen LogP contribution >= 0.6 is 0 Å². The van der Waals surface area contributed by atoms with E-state index in [0.717, 1.165) is 5.56 Å². The lowest BCUT2D eigenvalue weighted by atomic mass is 9.82. The van der Waals surface area contributed by atoms with Gasteiger partial charge in [-0.25, -0.2) is 0 Å². The number of hydrogen-bond acceptors (Lipinski definition) is 3. The summed E-state index contributed by atoms with van der Waals surface area (Å²) in [7, 11) is 1.60. The number of nitrogens with two attached hydrogens (primary N) is 1. The van der Waals surface area contributed by atoms with Gasteiger partial charge < -0.3 is 15.6 Å². The first-order chi connectivity index (χ1) is 6.86. The number of phenolic OH excluding ortho intramolecular Hbond substituents is 1. The van der Waals surface area contributed by atoms with Gasteiger partial charge in [-0.15, -0.1) is 0 Å². The molecular weight excluding hydrogens is 190 g/mol. The summed E-state index contributed by atoms with van der Waals surface area (Å²) in [5.41, 5.74) is 6.71. The Labute approximate surface area is 90.9 Å². The summed E-state index contributed by atoms with van der Waals surface area (Å²) in [6.45, 7) is 6.11. The van der Waals surface area contributed by atoms with Crippen LogP contribution in [0.5, 0.6) is 11.5 Å². The van der Waals surface area contributed by atoms with Crippen LogP contribution in [0.4, 0.5) is 0 Å². The van der Waals surface area contributed by atoms with Gasteiger partial charge in [0.25, 0.3) is 0 Å². The van der Waals surface area contributed by atoms with Gasteiger partial charge in [0, 0.05) is 11.6 Å². The number of benzene rings is 1. The highest BCUT2D eigenvalue weighted by atomic mass is 16.5. The maximum absolute atomic E-state index is 9.73. The number of rotatable bonds is 2. The maximum atomic E-state index is 9.73. The molecule has 0 radical (unpaired) electrons. The normalized spacial score (nSPS) is 13.7. The standard InChI is InChI=1S/C12H19NO2/c1-12(2,3)11(13)9-7-8(15-4)5-6-10(9)14/h5-7,11,14H,13H2,1-4H3/t11-/m1/s1. The molecule has 0 aliphatic rings. The van der Waals surface area contributed by atoms with Gasteiger partial charge in [0.15, 0.2) is 0 Å². The van der Waals surface area contributed by atoms with Gasteiger partial charge in [0.1, 0.15) is 11.5 Å². The molecule has 0 aliphatic heterocycles. The molecule has 0 spiro atoms. The second-order valence-electron chi connectivity index (χ2n) is 4.77. The van der Waals surface area contributed by atoms with Gasteiger partial charge in [-0.05, 0) is 23.6 Å². The van der Waals surface area contributed by atoms with E-state index in [2.05, 4.69) is 0 Å². The summed E-state index contributed by atoms with van der Waals surface area (Å²) in [4.78, 5) is 0. The molecule has 1 rings (SSSR count). The van der Waals surface area contributed by atoms with Crippen molar-refractivity contribution in [1.82, 2.24) is 0 Å². The number of ether oxygens (including phenoxy) is 1. The van der Waals surface area contributed by atoms with E-state index in [1.807, 2.05) is 20.8 Å². The molecule has 0 bridgehead atoms. The fraction of sp³-hybridized carbons (Fsp3) is 0.500. The van der Waals surface area contributed by atoms with Crippen molar-refractivity contribution in [2.24, 2.45) is 11.1 Å². The highest BCUT2D eigenvalue weighted by Crippen LogP contribution is 2.36. The highest BCUT2D eigenvalue weighted by molar-refractivity contribution is 5.41. The number of methoxy groups -OCH3 is 1. The third-order valence-electron chi connectivity index (χ3n) is 2.50. The Bertz CT molecular complexity index is 342. The van der Waals surface area contributed by atoms with Crippen molar-refractivity contribution in [3.63, 3.8) is 0 Å². The molecule has 3 nitrogen and oxygen atoms in total. The van der Waals surface area contributed by atoms with E-state index in [1.165, 1.54) is 0 Å². The SMILES string of the molecule is COc1ccc(O)c([C@@H](N)C(C)(C)C)c1. The summed E-state index contributed by atoms with van der Waals surface area (Å²) in [5.74, 6) is 0.931. The van der Waals surface area contributed by atoms with Crippen LogP contribution in [0, 0.1) is 5.41 Å². The molecule has 0 fully saturated rings. The summed E-state index contributed by atoms with van der Waals surface area (Å²) in [6, 6.07) is 4.90. The lowest BCUT2D eigenvalue weighted by Gasteiger charge is -2.28. The molecule has 84 valence electrons. The molecule has 1 atom stereocenters.